The predicted molar refractivity (Wildman–Crippen MR) is 48.7 cm³/mol. The Labute approximate surface area is 76.7 Å². The van der Waals surface area contributed by atoms with Gasteiger partial charge in [0.25, 0.3) is 0 Å². The SMILES string of the molecule is COc1cc(C(C)NN)ccc1F. The second kappa shape index (κ2) is 4.20. The molecule has 0 saturated heterocycles. The lowest BCUT2D eigenvalue weighted by molar-refractivity contribution is 0.385. The first-order chi connectivity index (χ1) is 6.19. The fourth-order valence-corrected chi connectivity index (χ4v) is 1.04. The summed E-state index contributed by atoms with van der Waals surface area (Å²) in [7, 11) is 1.43. The third-order valence-electron chi connectivity index (χ3n) is 1.93. The number of rotatable bonds is 3. The third-order valence-corrected chi connectivity index (χ3v) is 1.93. The molecule has 72 valence electrons. The van der Waals surface area contributed by atoms with Crippen molar-refractivity contribution in [2.24, 2.45) is 5.84 Å². The molecule has 0 aliphatic carbocycles. The third kappa shape index (κ3) is 2.17. The minimum Gasteiger partial charge on any atom is -0.494 e. The Hall–Kier alpha value is -1.13. The summed E-state index contributed by atoms with van der Waals surface area (Å²) < 4.78 is 17.8. The quantitative estimate of drug-likeness (QED) is 0.550. The van der Waals surface area contributed by atoms with Crippen LogP contribution in [-0.4, -0.2) is 7.11 Å². The highest BCUT2D eigenvalue weighted by Gasteiger charge is 2.07. The molecule has 0 spiro atoms. The van der Waals surface area contributed by atoms with E-state index in [9.17, 15) is 4.39 Å². The number of nitrogens with one attached hydrogen (secondary N) is 1. The molecule has 13 heavy (non-hydrogen) atoms. The van der Waals surface area contributed by atoms with E-state index in [1.807, 2.05) is 6.92 Å². The summed E-state index contributed by atoms with van der Waals surface area (Å²) in [4.78, 5) is 0. The van der Waals surface area contributed by atoms with Crippen LogP contribution in [0.5, 0.6) is 5.75 Å². The zero-order valence-corrected chi connectivity index (χ0v) is 7.67. The van der Waals surface area contributed by atoms with E-state index in [-0.39, 0.29) is 17.6 Å². The molecule has 0 bridgehead atoms. The minimum atomic E-state index is -0.365. The monoisotopic (exact) mass is 184 g/mol. The Morgan fingerprint density at radius 3 is 2.77 bits per heavy atom. The lowest BCUT2D eigenvalue weighted by Crippen LogP contribution is -2.25. The van der Waals surface area contributed by atoms with Crippen molar-refractivity contribution >= 4 is 0 Å². The van der Waals surface area contributed by atoms with Crippen molar-refractivity contribution in [3.8, 4) is 5.75 Å². The zero-order valence-electron chi connectivity index (χ0n) is 7.67. The first kappa shape index (κ1) is 9.95. The molecule has 0 heterocycles. The number of halogens is 1. The van der Waals surface area contributed by atoms with Gasteiger partial charge < -0.3 is 4.74 Å². The van der Waals surface area contributed by atoms with E-state index in [1.54, 1.807) is 12.1 Å². The highest BCUT2D eigenvalue weighted by atomic mass is 19.1. The van der Waals surface area contributed by atoms with Crippen molar-refractivity contribution in [3.63, 3.8) is 0 Å². The van der Waals surface area contributed by atoms with Gasteiger partial charge in [-0.3, -0.25) is 11.3 Å². The maximum atomic E-state index is 13.0. The number of nitrogens with two attached hydrogens (primary N) is 1. The molecule has 1 aromatic rings. The predicted octanol–water partition coefficient (Wildman–Crippen LogP) is 1.36. The van der Waals surface area contributed by atoms with E-state index in [4.69, 9.17) is 10.6 Å². The van der Waals surface area contributed by atoms with Crippen LogP contribution in [0.4, 0.5) is 4.39 Å². The number of hydrogen-bond acceptors (Lipinski definition) is 3. The number of hydrogen-bond donors (Lipinski definition) is 2. The van der Waals surface area contributed by atoms with E-state index < -0.39 is 0 Å². The van der Waals surface area contributed by atoms with E-state index in [1.165, 1.54) is 13.2 Å². The number of benzene rings is 1. The van der Waals surface area contributed by atoms with Gasteiger partial charge in [-0.05, 0) is 24.6 Å². The van der Waals surface area contributed by atoms with Crippen LogP contribution >= 0.6 is 0 Å². The first-order valence-electron chi connectivity index (χ1n) is 3.98. The largest absolute Gasteiger partial charge is 0.494 e. The zero-order chi connectivity index (χ0) is 9.84. The van der Waals surface area contributed by atoms with E-state index in [0.717, 1.165) is 5.56 Å². The Balaban J connectivity index is 2.99. The van der Waals surface area contributed by atoms with Crippen LogP contribution in [0.3, 0.4) is 0 Å². The Bertz CT molecular complexity index is 291. The van der Waals surface area contributed by atoms with Gasteiger partial charge >= 0.3 is 0 Å². The molecule has 1 unspecified atom stereocenters. The summed E-state index contributed by atoms with van der Waals surface area (Å²) in [5, 5.41) is 0. The van der Waals surface area contributed by atoms with Gasteiger partial charge in [0.05, 0.1) is 7.11 Å². The molecule has 0 aliphatic rings. The first-order valence-corrected chi connectivity index (χ1v) is 3.98. The molecule has 0 aliphatic heterocycles. The maximum Gasteiger partial charge on any atom is 0.165 e. The Morgan fingerprint density at radius 2 is 2.23 bits per heavy atom. The molecule has 3 N–H and O–H groups in total. The fourth-order valence-electron chi connectivity index (χ4n) is 1.04. The van der Waals surface area contributed by atoms with Gasteiger partial charge in [0, 0.05) is 6.04 Å². The summed E-state index contributed by atoms with van der Waals surface area (Å²) in [6.45, 7) is 1.88. The molecular formula is C9H13FN2O. The lowest BCUT2D eigenvalue weighted by atomic mass is 10.1. The molecule has 4 heteroatoms. The Morgan fingerprint density at radius 1 is 1.54 bits per heavy atom. The summed E-state index contributed by atoms with van der Waals surface area (Å²) in [5.74, 6) is 5.12. The van der Waals surface area contributed by atoms with Crippen molar-refractivity contribution in [2.45, 2.75) is 13.0 Å². The normalized spacial score (nSPS) is 12.6. The van der Waals surface area contributed by atoms with Crippen LogP contribution in [0.1, 0.15) is 18.5 Å². The van der Waals surface area contributed by atoms with Crippen molar-refractivity contribution in [1.29, 1.82) is 0 Å². The Kier molecular flexibility index (Phi) is 3.22. The van der Waals surface area contributed by atoms with Crippen LogP contribution < -0.4 is 16.0 Å². The smallest absolute Gasteiger partial charge is 0.165 e. The van der Waals surface area contributed by atoms with E-state index in [2.05, 4.69) is 5.43 Å². The summed E-state index contributed by atoms with van der Waals surface area (Å²) in [6, 6.07) is 4.64. The van der Waals surface area contributed by atoms with Crippen LogP contribution in [0.25, 0.3) is 0 Å². The fraction of sp³-hybridized carbons (Fsp3) is 0.333. The molecule has 1 atom stereocenters. The van der Waals surface area contributed by atoms with Gasteiger partial charge in [-0.2, -0.15) is 0 Å². The lowest BCUT2D eigenvalue weighted by Gasteiger charge is -2.11. The van der Waals surface area contributed by atoms with Crippen LogP contribution in [-0.2, 0) is 0 Å². The molecule has 0 radical (unpaired) electrons. The van der Waals surface area contributed by atoms with Crippen LogP contribution in [0.2, 0.25) is 0 Å². The maximum absolute atomic E-state index is 13.0. The van der Waals surface area contributed by atoms with E-state index in [0.29, 0.717) is 0 Å². The van der Waals surface area contributed by atoms with Crippen molar-refractivity contribution in [1.82, 2.24) is 5.43 Å². The molecule has 1 aromatic carbocycles. The second-order valence-electron chi connectivity index (χ2n) is 2.78. The number of ether oxygens (including phenoxy) is 1. The van der Waals surface area contributed by atoms with Crippen LogP contribution in [0.15, 0.2) is 18.2 Å². The molecule has 0 amide bonds. The van der Waals surface area contributed by atoms with Gasteiger partial charge in [0.2, 0.25) is 0 Å². The molecule has 0 fully saturated rings. The number of hydrazine groups is 1. The van der Waals surface area contributed by atoms with Gasteiger partial charge in [-0.1, -0.05) is 6.07 Å². The average Bonchev–Trinajstić information content (AvgIpc) is 2.17. The second-order valence-corrected chi connectivity index (χ2v) is 2.78. The van der Waals surface area contributed by atoms with Gasteiger partial charge in [0.15, 0.2) is 11.6 Å². The van der Waals surface area contributed by atoms with Crippen molar-refractivity contribution in [3.05, 3.63) is 29.6 Å². The van der Waals surface area contributed by atoms with E-state index >= 15 is 0 Å². The molecular weight excluding hydrogens is 171 g/mol. The average molecular weight is 184 g/mol. The molecule has 3 nitrogen and oxygen atoms in total. The summed E-state index contributed by atoms with van der Waals surface area (Å²) in [6.07, 6.45) is 0. The highest BCUT2D eigenvalue weighted by Crippen LogP contribution is 2.21. The highest BCUT2D eigenvalue weighted by molar-refractivity contribution is 5.31. The summed E-state index contributed by atoms with van der Waals surface area (Å²) >= 11 is 0. The topological polar surface area (TPSA) is 47.3 Å². The summed E-state index contributed by atoms with van der Waals surface area (Å²) in [5.41, 5.74) is 3.46. The van der Waals surface area contributed by atoms with Gasteiger partial charge in [-0.15, -0.1) is 0 Å². The standard InChI is InChI=1S/C9H13FN2O/c1-6(12-11)7-3-4-8(10)9(5-7)13-2/h3-6,12H,11H2,1-2H3. The van der Waals surface area contributed by atoms with Crippen molar-refractivity contribution < 1.29 is 9.13 Å². The molecule has 1 rings (SSSR count). The van der Waals surface area contributed by atoms with Crippen LogP contribution in [0, 0.1) is 5.82 Å². The van der Waals surface area contributed by atoms with Crippen molar-refractivity contribution in [2.75, 3.05) is 7.11 Å². The minimum absolute atomic E-state index is 0.0190. The van der Waals surface area contributed by atoms with Gasteiger partial charge in [0.1, 0.15) is 0 Å². The van der Waals surface area contributed by atoms with Gasteiger partial charge in [-0.25, -0.2) is 4.39 Å². The molecule has 0 saturated carbocycles. The molecule has 0 aromatic heterocycles. The number of methoxy groups -OCH3 is 1.